The summed E-state index contributed by atoms with van der Waals surface area (Å²) in [5, 5.41) is 0. The van der Waals surface area contributed by atoms with Gasteiger partial charge in [0.25, 0.3) is 0 Å². The first-order valence-corrected chi connectivity index (χ1v) is 10.8. The fourth-order valence-electron chi connectivity index (χ4n) is 0.200. The summed E-state index contributed by atoms with van der Waals surface area (Å²) in [5.41, 5.74) is 0. The zero-order valence-corrected chi connectivity index (χ0v) is 9.79. The van der Waals surface area contributed by atoms with E-state index in [1.54, 1.807) is 0 Å². The Balaban J connectivity index is 3.82. The molecule has 0 unspecified atom stereocenters. The van der Waals surface area contributed by atoms with E-state index in [1.165, 1.54) is 3.33 Å². The SMILES string of the molecule is C=[C]([Mg][Br])[Si](C)(C)C. The van der Waals surface area contributed by atoms with Gasteiger partial charge in [0.15, 0.2) is 0 Å². The van der Waals surface area contributed by atoms with E-state index in [0.29, 0.717) is 0 Å². The third kappa shape index (κ3) is 3.27. The molecule has 0 bridgehead atoms. The maximum absolute atomic E-state index is 4.02. The van der Waals surface area contributed by atoms with E-state index in [-0.39, 0.29) is 18.2 Å². The van der Waals surface area contributed by atoms with Gasteiger partial charge in [-0.1, -0.05) is 19.6 Å². The minimum absolute atomic E-state index is 0.0860. The Hall–Kier alpha value is 1.20. The fraction of sp³-hybridized carbons (Fsp3) is 0.600. The quantitative estimate of drug-likeness (QED) is 0.605. The van der Waals surface area contributed by atoms with Crippen molar-refractivity contribution in [2.24, 2.45) is 0 Å². The third-order valence-corrected chi connectivity index (χ3v) is 11.0. The number of hydrogen-bond acceptors (Lipinski definition) is 0. The van der Waals surface area contributed by atoms with Gasteiger partial charge < -0.3 is 0 Å². The molecule has 0 radical (unpaired) electrons. The monoisotopic (exact) mass is 202 g/mol. The highest BCUT2D eigenvalue weighted by Crippen LogP contribution is 2.11. The summed E-state index contributed by atoms with van der Waals surface area (Å²) in [6.07, 6.45) is 0. The Morgan fingerprint density at radius 2 is 1.88 bits per heavy atom. The van der Waals surface area contributed by atoms with E-state index in [2.05, 4.69) is 39.1 Å². The molecule has 0 saturated heterocycles. The Morgan fingerprint density at radius 3 is 1.88 bits per heavy atom. The Morgan fingerprint density at radius 1 is 1.50 bits per heavy atom. The number of hydrogen-bond donors (Lipinski definition) is 0. The summed E-state index contributed by atoms with van der Waals surface area (Å²) in [4.78, 5) is 0. The van der Waals surface area contributed by atoms with E-state index < -0.39 is 8.07 Å². The van der Waals surface area contributed by atoms with Crippen molar-refractivity contribution < 1.29 is 0 Å². The van der Waals surface area contributed by atoms with Crippen LogP contribution in [0.3, 0.4) is 0 Å². The van der Waals surface area contributed by atoms with Crippen LogP contribution < -0.4 is 0 Å². The lowest BCUT2D eigenvalue weighted by atomic mass is 11.2. The van der Waals surface area contributed by atoms with Gasteiger partial charge in [-0.2, -0.15) is 3.33 Å². The molecule has 0 saturated carbocycles. The largest absolute Gasteiger partial charge is 0.497 e. The molecule has 0 aliphatic heterocycles. The minimum atomic E-state index is -0.940. The lowest BCUT2D eigenvalue weighted by Gasteiger charge is -2.17. The molecule has 0 rings (SSSR count). The van der Waals surface area contributed by atoms with E-state index in [9.17, 15) is 0 Å². The first-order chi connectivity index (χ1) is 3.48. The standard InChI is InChI=1S/C5H11Si.BrH.Mg/c1-5-6(2,3)4;;/h1H2,2-4H3;1H;/q;;+1/p-1. The van der Waals surface area contributed by atoms with Crippen molar-refractivity contribution in [3.63, 3.8) is 0 Å². The smallest absolute Gasteiger partial charge is 0.298 e. The summed E-state index contributed by atoms with van der Waals surface area (Å²) in [6.45, 7) is 11.0. The van der Waals surface area contributed by atoms with Crippen molar-refractivity contribution >= 4 is 39.2 Å². The first kappa shape index (κ1) is 9.20. The van der Waals surface area contributed by atoms with E-state index in [0.717, 1.165) is 0 Å². The van der Waals surface area contributed by atoms with Crippen molar-refractivity contribution in [1.29, 1.82) is 0 Å². The van der Waals surface area contributed by atoms with Gasteiger partial charge >= 0.3 is 18.2 Å². The molecule has 0 aromatic carbocycles. The second kappa shape index (κ2) is 3.39. The lowest BCUT2D eigenvalue weighted by Crippen LogP contribution is -2.25. The Kier molecular flexibility index (Phi) is 3.90. The van der Waals surface area contributed by atoms with Crippen molar-refractivity contribution in [2.45, 2.75) is 19.6 Å². The topological polar surface area (TPSA) is 0 Å². The minimum Gasteiger partial charge on any atom is -0.298 e. The molecule has 0 aromatic heterocycles. The highest BCUT2D eigenvalue weighted by atomic mass is 79.9. The molecule has 0 aliphatic carbocycles. The van der Waals surface area contributed by atoms with Crippen molar-refractivity contribution in [2.75, 3.05) is 0 Å². The van der Waals surface area contributed by atoms with Crippen molar-refractivity contribution in [3.8, 4) is 0 Å². The zero-order valence-electron chi connectivity index (χ0n) is 5.79. The van der Waals surface area contributed by atoms with Gasteiger partial charge in [0.05, 0.1) is 0 Å². The molecule has 3 heteroatoms. The normalized spacial score (nSPS) is 10.5. The van der Waals surface area contributed by atoms with Crippen LogP contribution in [0.15, 0.2) is 9.90 Å². The number of rotatable bonds is 2. The summed E-state index contributed by atoms with van der Waals surface area (Å²) in [6, 6.07) is 0. The molecule has 0 nitrogen and oxygen atoms in total. The van der Waals surface area contributed by atoms with Gasteiger partial charge in [-0.25, -0.2) is 0 Å². The molecular weight excluding hydrogens is 192 g/mol. The van der Waals surface area contributed by atoms with Gasteiger partial charge in [0.1, 0.15) is 0 Å². The molecule has 8 heavy (non-hydrogen) atoms. The molecule has 0 amide bonds. The Bertz CT molecular complexity index is 95.1. The van der Waals surface area contributed by atoms with Crippen LogP contribution in [0.2, 0.25) is 19.6 Å². The molecule has 0 fully saturated rings. The van der Waals surface area contributed by atoms with Crippen molar-refractivity contribution in [1.82, 2.24) is 0 Å². The molecule has 0 heterocycles. The van der Waals surface area contributed by atoms with Gasteiger partial charge in [-0.15, -0.1) is 6.58 Å². The van der Waals surface area contributed by atoms with Gasteiger partial charge in [-0.05, 0) is 0 Å². The maximum Gasteiger partial charge on any atom is 0.497 e. The van der Waals surface area contributed by atoms with Crippen LogP contribution in [0, 0.1) is 0 Å². The second-order valence-electron chi connectivity index (χ2n) is 2.99. The van der Waals surface area contributed by atoms with Crippen LogP contribution in [-0.4, -0.2) is 26.3 Å². The van der Waals surface area contributed by atoms with Crippen molar-refractivity contribution in [3.05, 3.63) is 9.90 Å². The number of halogens is 1. The third-order valence-electron chi connectivity index (χ3n) is 1.22. The van der Waals surface area contributed by atoms with Crippen LogP contribution in [-0.2, 0) is 0 Å². The van der Waals surface area contributed by atoms with Gasteiger partial charge in [0, 0.05) is 8.07 Å². The summed E-state index contributed by atoms with van der Waals surface area (Å²) in [7, 11) is -0.940. The fourth-order valence-corrected chi connectivity index (χ4v) is 9.37. The van der Waals surface area contributed by atoms with Crippen LogP contribution in [0.5, 0.6) is 0 Å². The molecule has 0 spiro atoms. The molecule has 0 atom stereocenters. The molecule has 0 aliphatic rings. The summed E-state index contributed by atoms with van der Waals surface area (Å²) < 4.78 is 1.53. The van der Waals surface area contributed by atoms with Crippen LogP contribution in [0.1, 0.15) is 0 Å². The second-order valence-corrected chi connectivity index (χ2v) is 11.7. The zero-order chi connectivity index (χ0) is 6.78. The van der Waals surface area contributed by atoms with E-state index >= 15 is 0 Å². The molecule has 44 valence electrons. The lowest BCUT2D eigenvalue weighted by molar-refractivity contribution is 1.75. The molecule has 0 aromatic rings. The van der Waals surface area contributed by atoms with E-state index in [1.807, 2.05) is 0 Å². The average molecular weight is 203 g/mol. The Labute approximate surface area is 68.3 Å². The predicted molar refractivity (Wildman–Crippen MR) is 47.2 cm³/mol. The maximum atomic E-state index is 4.02. The van der Waals surface area contributed by atoms with E-state index in [4.69, 9.17) is 0 Å². The van der Waals surface area contributed by atoms with Gasteiger partial charge in [-0.3, -0.25) is 12.9 Å². The summed E-state index contributed by atoms with van der Waals surface area (Å²) in [5.74, 6) is 0. The van der Waals surface area contributed by atoms with Crippen LogP contribution in [0.4, 0.5) is 0 Å². The molecule has 0 N–H and O–H groups in total. The molecular formula is C5H11BrMgSi. The highest BCUT2D eigenvalue weighted by Gasteiger charge is 2.16. The van der Waals surface area contributed by atoms with Crippen LogP contribution >= 0.6 is 12.9 Å². The average Bonchev–Trinajstić information content (AvgIpc) is 1.62. The van der Waals surface area contributed by atoms with Crippen LogP contribution in [0.25, 0.3) is 0 Å². The van der Waals surface area contributed by atoms with Gasteiger partial charge in [0.2, 0.25) is 0 Å². The first-order valence-electron chi connectivity index (χ1n) is 2.72. The highest BCUT2D eigenvalue weighted by molar-refractivity contribution is 9.23. The predicted octanol–water partition coefficient (Wildman–Crippen LogP) is 2.39. The summed E-state index contributed by atoms with van der Waals surface area (Å²) >= 11 is 3.44.